The molecule has 0 saturated heterocycles. The lowest BCUT2D eigenvalue weighted by Crippen LogP contribution is -2.37. The van der Waals surface area contributed by atoms with E-state index < -0.39 is 0 Å². The zero-order chi connectivity index (χ0) is 12.6. The monoisotopic (exact) mass is 229 g/mol. The van der Waals surface area contributed by atoms with Crippen LogP contribution in [-0.2, 0) is 4.74 Å². The van der Waals surface area contributed by atoms with Crippen LogP contribution < -0.4 is 5.32 Å². The first-order valence-corrected chi connectivity index (χ1v) is 6.62. The smallest absolute Gasteiger partial charge is 0.0587 e. The Bertz CT molecular complexity index is 168. The number of hydrogen-bond donors (Lipinski definition) is 1. The van der Waals surface area contributed by atoms with Crippen LogP contribution in [0, 0.1) is 17.3 Å². The Balaban J connectivity index is 4.01. The molecule has 0 amide bonds. The summed E-state index contributed by atoms with van der Waals surface area (Å²) in [5, 5.41) is 3.51. The van der Waals surface area contributed by atoms with Crippen LogP contribution in [0.15, 0.2) is 0 Å². The number of hydrogen-bond acceptors (Lipinski definition) is 2. The Morgan fingerprint density at radius 2 is 1.81 bits per heavy atom. The second-order valence-corrected chi connectivity index (χ2v) is 5.91. The molecule has 98 valence electrons. The van der Waals surface area contributed by atoms with Gasteiger partial charge in [0, 0.05) is 20.2 Å². The van der Waals surface area contributed by atoms with Gasteiger partial charge >= 0.3 is 0 Å². The molecule has 2 heteroatoms. The van der Waals surface area contributed by atoms with Gasteiger partial charge in [0.2, 0.25) is 0 Å². The fourth-order valence-electron chi connectivity index (χ4n) is 1.75. The molecule has 0 saturated carbocycles. The summed E-state index contributed by atoms with van der Waals surface area (Å²) in [5.41, 5.74) is 0.415. The summed E-state index contributed by atoms with van der Waals surface area (Å²) < 4.78 is 5.05. The highest BCUT2D eigenvalue weighted by Gasteiger charge is 2.27. The SMILES string of the molecule is COCCNCC(C)(CCC(C)C)C(C)C. The summed E-state index contributed by atoms with van der Waals surface area (Å²) in [6.45, 7) is 14.5. The van der Waals surface area contributed by atoms with E-state index in [0.29, 0.717) is 5.41 Å². The zero-order valence-corrected chi connectivity index (χ0v) is 12.1. The Morgan fingerprint density at radius 3 is 2.25 bits per heavy atom. The molecule has 0 spiro atoms. The molecule has 0 heterocycles. The fourth-order valence-corrected chi connectivity index (χ4v) is 1.75. The molecular weight excluding hydrogens is 198 g/mol. The molecule has 0 aliphatic heterocycles. The predicted molar refractivity (Wildman–Crippen MR) is 71.8 cm³/mol. The second kappa shape index (κ2) is 8.08. The maximum absolute atomic E-state index is 5.05. The van der Waals surface area contributed by atoms with Crippen LogP contribution in [0.3, 0.4) is 0 Å². The van der Waals surface area contributed by atoms with Gasteiger partial charge in [-0.15, -0.1) is 0 Å². The molecule has 1 unspecified atom stereocenters. The highest BCUT2D eigenvalue weighted by Crippen LogP contribution is 2.32. The number of nitrogens with one attached hydrogen (secondary N) is 1. The van der Waals surface area contributed by atoms with Gasteiger partial charge in [0.05, 0.1) is 6.61 Å². The first-order valence-electron chi connectivity index (χ1n) is 6.62. The Kier molecular flexibility index (Phi) is 8.04. The maximum Gasteiger partial charge on any atom is 0.0587 e. The number of rotatable bonds is 9. The number of ether oxygens (including phenoxy) is 1. The quantitative estimate of drug-likeness (QED) is 0.612. The van der Waals surface area contributed by atoms with Gasteiger partial charge in [0.25, 0.3) is 0 Å². The van der Waals surface area contributed by atoms with Crippen molar-refractivity contribution in [1.82, 2.24) is 5.32 Å². The lowest BCUT2D eigenvalue weighted by Gasteiger charge is -2.35. The van der Waals surface area contributed by atoms with E-state index in [4.69, 9.17) is 4.74 Å². The van der Waals surface area contributed by atoms with Crippen molar-refractivity contribution in [2.45, 2.75) is 47.5 Å². The average Bonchev–Trinajstić information content (AvgIpc) is 2.21. The van der Waals surface area contributed by atoms with Gasteiger partial charge < -0.3 is 10.1 Å². The molecule has 2 nitrogen and oxygen atoms in total. The third-order valence-electron chi connectivity index (χ3n) is 3.70. The molecule has 0 aromatic carbocycles. The summed E-state index contributed by atoms with van der Waals surface area (Å²) >= 11 is 0. The molecular formula is C14H31NO. The van der Waals surface area contributed by atoms with Crippen molar-refractivity contribution in [2.75, 3.05) is 26.8 Å². The summed E-state index contributed by atoms with van der Waals surface area (Å²) in [4.78, 5) is 0. The van der Waals surface area contributed by atoms with E-state index in [1.165, 1.54) is 12.8 Å². The van der Waals surface area contributed by atoms with Crippen molar-refractivity contribution in [3.8, 4) is 0 Å². The van der Waals surface area contributed by atoms with Crippen molar-refractivity contribution in [2.24, 2.45) is 17.3 Å². The van der Waals surface area contributed by atoms with E-state index in [1.807, 2.05) is 0 Å². The first-order chi connectivity index (χ1) is 7.42. The van der Waals surface area contributed by atoms with Gasteiger partial charge in [-0.25, -0.2) is 0 Å². The van der Waals surface area contributed by atoms with Crippen LogP contribution in [0.4, 0.5) is 0 Å². The highest BCUT2D eigenvalue weighted by atomic mass is 16.5. The lowest BCUT2D eigenvalue weighted by molar-refractivity contribution is 0.161. The Morgan fingerprint density at radius 1 is 1.19 bits per heavy atom. The van der Waals surface area contributed by atoms with E-state index in [-0.39, 0.29) is 0 Å². The normalized spacial score (nSPS) is 15.8. The summed E-state index contributed by atoms with van der Waals surface area (Å²) in [6, 6.07) is 0. The van der Waals surface area contributed by atoms with E-state index in [9.17, 15) is 0 Å². The topological polar surface area (TPSA) is 21.3 Å². The molecule has 16 heavy (non-hydrogen) atoms. The molecule has 0 fully saturated rings. The molecule has 0 bridgehead atoms. The third-order valence-corrected chi connectivity index (χ3v) is 3.70. The second-order valence-electron chi connectivity index (χ2n) is 5.91. The standard InChI is InChI=1S/C14H31NO/c1-12(2)7-8-14(5,13(3)4)11-15-9-10-16-6/h12-13,15H,7-11H2,1-6H3. The van der Waals surface area contributed by atoms with Gasteiger partial charge in [0.1, 0.15) is 0 Å². The Hall–Kier alpha value is -0.0800. The molecule has 1 atom stereocenters. The zero-order valence-electron chi connectivity index (χ0n) is 12.1. The van der Waals surface area contributed by atoms with Gasteiger partial charge in [-0.05, 0) is 23.7 Å². The molecule has 0 rings (SSSR count). The van der Waals surface area contributed by atoms with Gasteiger partial charge in [-0.2, -0.15) is 0 Å². The van der Waals surface area contributed by atoms with Crippen molar-refractivity contribution in [3.05, 3.63) is 0 Å². The number of methoxy groups -OCH3 is 1. The fraction of sp³-hybridized carbons (Fsp3) is 1.00. The first kappa shape index (κ1) is 15.9. The van der Waals surface area contributed by atoms with E-state index in [1.54, 1.807) is 7.11 Å². The molecule has 0 aromatic rings. The molecule has 0 aliphatic carbocycles. The van der Waals surface area contributed by atoms with Crippen molar-refractivity contribution in [3.63, 3.8) is 0 Å². The molecule has 0 radical (unpaired) electrons. The van der Waals surface area contributed by atoms with Crippen molar-refractivity contribution >= 4 is 0 Å². The summed E-state index contributed by atoms with van der Waals surface area (Å²) in [7, 11) is 1.75. The van der Waals surface area contributed by atoms with Crippen LogP contribution in [-0.4, -0.2) is 26.8 Å². The minimum absolute atomic E-state index is 0.415. The summed E-state index contributed by atoms with van der Waals surface area (Å²) in [6.07, 6.45) is 2.63. The van der Waals surface area contributed by atoms with E-state index in [0.717, 1.165) is 31.5 Å². The summed E-state index contributed by atoms with van der Waals surface area (Å²) in [5.74, 6) is 1.53. The van der Waals surface area contributed by atoms with E-state index in [2.05, 4.69) is 39.9 Å². The highest BCUT2D eigenvalue weighted by molar-refractivity contribution is 4.80. The van der Waals surface area contributed by atoms with Crippen LogP contribution in [0.5, 0.6) is 0 Å². The third kappa shape index (κ3) is 6.49. The largest absolute Gasteiger partial charge is 0.383 e. The lowest BCUT2D eigenvalue weighted by atomic mass is 9.74. The van der Waals surface area contributed by atoms with Crippen molar-refractivity contribution < 1.29 is 4.74 Å². The van der Waals surface area contributed by atoms with Crippen molar-refractivity contribution in [1.29, 1.82) is 0 Å². The average molecular weight is 229 g/mol. The minimum atomic E-state index is 0.415. The molecule has 0 aliphatic rings. The maximum atomic E-state index is 5.05. The predicted octanol–water partition coefficient (Wildman–Crippen LogP) is 3.32. The molecule has 0 aromatic heterocycles. The van der Waals surface area contributed by atoms with Gasteiger partial charge in [-0.1, -0.05) is 41.0 Å². The van der Waals surface area contributed by atoms with Gasteiger partial charge in [-0.3, -0.25) is 0 Å². The Labute approximate surface area is 102 Å². The van der Waals surface area contributed by atoms with Crippen LogP contribution in [0.25, 0.3) is 0 Å². The van der Waals surface area contributed by atoms with Gasteiger partial charge in [0.15, 0.2) is 0 Å². The molecule has 1 N–H and O–H groups in total. The van der Waals surface area contributed by atoms with E-state index >= 15 is 0 Å². The van der Waals surface area contributed by atoms with Crippen LogP contribution in [0.2, 0.25) is 0 Å². The van der Waals surface area contributed by atoms with Crippen LogP contribution >= 0.6 is 0 Å². The minimum Gasteiger partial charge on any atom is -0.383 e. The van der Waals surface area contributed by atoms with Crippen LogP contribution in [0.1, 0.15) is 47.5 Å².